The largest absolute Gasteiger partial charge is 0.493 e. The van der Waals surface area contributed by atoms with Gasteiger partial charge in [0.25, 0.3) is 0 Å². The summed E-state index contributed by atoms with van der Waals surface area (Å²) in [6.07, 6.45) is 0. The monoisotopic (exact) mass is 324 g/mol. The molecular weight excluding hydrogens is 314 g/mol. The van der Waals surface area contributed by atoms with Crippen molar-refractivity contribution >= 4 is 26.7 Å². The Bertz CT molecular complexity index is 438. The standard InChI is InChI=1S/C11H11BrF2O2S/c1-8-3-5-9(6-4-8)17(15)7-10(16-2)11(12,13)14/h3-7H,1-2H3/b10-7-. The molecule has 1 rings (SSSR count). The SMILES string of the molecule is CO/C(=C\S(=O)c1ccc(C)cc1)C(F)(F)Br. The van der Waals surface area contributed by atoms with Crippen LogP contribution in [-0.2, 0) is 15.5 Å². The van der Waals surface area contributed by atoms with Crippen LogP contribution in [0.1, 0.15) is 5.56 Å². The predicted octanol–water partition coefficient (Wildman–Crippen LogP) is 3.58. The first kappa shape index (κ1) is 14.3. The topological polar surface area (TPSA) is 26.3 Å². The molecule has 1 atom stereocenters. The molecule has 0 bridgehead atoms. The maximum atomic E-state index is 12.9. The number of halogens is 3. The van der Waals surface area contributed by atoms with Crippen molar-refractivity contribution in [1.29, 1.82) is 0 Å². The molecule has 0 N–H and O–H groups in total. The molecule has 0 aliphatic rings. The van der Waals surface area contributed by atoms with Gasteiger partial charge >= 0.3 is 4.83 Å². The fourth-order valence-electron chi connectivity index (χ4n) is 1.07. The number of methoxy groups -OCH3 is 1. The van der Waals surface area contributed by atoms with Crippen molar-refractivity contribution in [2.24, 2.45) is 0 Å². The van der Waals surface area contributed by atoms with Crippen molar-refractivity contribution in [2.75, 3.05) is 7.11 Å². The van der Waals surface area contributed by atoms with Crippen molar-refractivity contribution in [3.8, 4) is 0 Å². The number of alkyl halides is 3. The van der Waals surface area contributed by atoms with E-state index in [0.717, 1.165) is 18.1 Å². The highest BCUT2D eigenvalue weighted by molar-refractivity contribution is 9.10. The minimum atomic E-state index is -3.32. The van der Waals surface area contributed by atoms with Crippen LogP contribution in [0, 0.1) is 6.92 Å². The number of aryl methyl sites for hydroxylation is 1. The van der Waals surface area contributed by atoms with Crippen molar-refractivity contribution in [3.05, 3.63) is 41.0 Å². The molecule has 0 spiro atoms. The second kappa shape index (κ2) is 5.73. The summed E-state index contributed by atoms with van der Waals surface area (Å²) in [6.45, 7) is 1.88. The van der Waals surface area contributed by atoms with Gasteiger partial charge in [-0.05, 0) is 35.0 Å². The van der Waals surface area contributed by atoms with E-state index in [1.54, 1.807) is 24.3 Å². The minimum absolute atomic E-state index is 0.446. The van der Waals surface area contributed by atoms with Gasteiger partial charge in [-0.2, -0.15) is 8.78 Å². The third-order valence-electron chi connectivity index (χ3n) is 1.97. The Hall–Kier alpha value is -0.750. The third-order valence-corrected chi connectivity index (χ3v) is 3.52. The van der Waals surface area contributed by atoms with Crippen LogP contribution in [0.5, 0.6) is 0 Å². The summed E-state index contributed by atoms with van der Waals surface area (Å²) >= 11 is 2.16. The van der Waals surface area contributed by atoms with E-state index in [0.29, 0.717) is 4.90 Å². The summed E-state index contributed by atoms with van der Waals surface area (Å²) in [5, 5.41) is 0.888. The van der Waals surface area contributed by atoms with Gasteiger partial charge in [0.2, 0.25) is 0 Å². The normalized spacial score (nSPS) is 14.5. The second-order valence-electron chi connectivity index (χ2n) is 3.29. The van der Waals surface area contributed by atoms with E-state index in [-0.39, 0.29) is 0 Å². The molecule has 0 heterocycles. The van der Waals surface area contributed by atoms with E-state index in [1.807, 2.05) is 6.92 Å². The Morgan fingerprint density at radius 2 is 1.94 bits per heavy atom. The highest BCUT2D eigenvalue weighted by Gasteiger charge is 2.32. The fourth-order valence-corrected chi connectivity index (χ4v) is 2.48. The maximum absolute atomic E-state index is 12.9. The Morgan fingerprint density at radius 1 is 1.41 bits per heavy atom. The highest BCUT2D eigenvalue weighted by Crippen LogP contribution is 2.32. The van der Waals surface area contributed by atoms with Crippen LogP contribution in [0.25, 0.3) is 0 Å². The van der Waals surface area contributed by atoms with E-state index in [2.05, 4.69) is 20.7 Å². The zero-order valence-corrected chi connectivity index (χ0v) is 11.6. The van der Waals surface area contributed by atoms with Gasteiger partial charge in [0.1, 0.15) is 0 Å². The Kier molecular flexibility index (Phi) is 4.82. The molecule has 1 aromatic rings. The molecule has 0 aliphatic heterocycles. The fraction of sp³-hybridized carbons (Fsp3) is 0.273. The molecule has 17 heavy (non-hydrogen) atoms. The summed E-state index contributed by atoms with van der Waals surface area (Å²) < 4.78 is 42.1. The number of allylic oxidation sites excluding steroid dienone is 1. The average molecular weight is 325 g/mol. The van der Waals surface area contributed by atoms with E-state index >= 15 is 0 Å². The van der Waals surface area contributed by atoms with Crippen molar-refractivity contribution < 1.29 is 17.7 Å². The van der Waals surface area contributed by atoms with Gasteiger partial charge in [-0.25, -0.2) is 4.21 Å². The molecule has 2 nitrogen and oxygen atoms in total. The molecule has 0 saturated heterocycles. The van der Waals surface area contributed by atoms with Crippen LogP contribution in [0.2, 0.25) is 0 Å². The van der Waals surface area contributed by atoms with Gasteiger partial charge in [0.15, 0.2) is 5.76 Å². The molecule has 1 unspecified atom stereocenters. The lowest BCUT2D eigenvalue weighted by Crippen LogP contribution is -2.12. The average Bonchev–Trinajstić information content (AvgIpc) is 2.24. The number of rotatable bonds is 4. The number of hydrogen-bond donors (Lipinski definition) is 0. The van der Waals surface area contributed by atoms with Crippen LogP contribution >= 0.6 is 15.9 Å². The van der Waals surface area contributed by atoms with Gasteiger partial charge in [-0.15, -0.1) is 0 Å². The number of ether oxygens (including phenoxy) is 1. The van der Waals surface area contributed by atoms with Gasteiger partial charge in [-0.3, -0.25) is 0 Å². The summed E-state index contributed by atoms with van der Waals surface area (Å²) in [4.78, 5) is -2.87. The zero-order valence-electron chi connectivity index (χ0n) is 9.25. The van der Waals surface area contributed by atoms with Crippen molar-refractivity contribution in [1.82, 2.24) is 0 Å². The van der Waals surface area contributed by atoms with Crippen LogP contribution in [0.3, 0.4) is 0 Å². The molecule has 0 aliphatic carbocycles. The Labute approximate surface area is 109 Å². The maximum Gasteiger partial charge on any atom is 0.357 e. The lowest BCUT2D eigenvalue weighted by atomic mass is 10.2. The first-order valence-corrected chi connectivity index (χ1v) is 6.65. The second-order valence-corrected chi connectivity index (χ2v) is 5.59. The van der Waals surface area contributed by atoms with Crippen LogP contribution in [0.4, 0.5) is 8.78 Å². The van der Waals surface area contributed by atoms with Gasteiger partial charge < -0.3 is 4.74 Å². The Balaban J connectivity index is 2.98. The zero-order chi connectivity index (χ0) is 13.1. The molecular formula is C11H11BrF2O2S. The summed E-state index contributed by atoms with van der Waals surface area (Å²) in [5.74, 6) is -0.670. The minimum Gasteiger partial charge on any atom is -0.493 e. The highest BCUT2D eigenvalue weighted by atomic mass is 79.9. The van der Waals surface area contributed by atoms with Crippen LogP contribution in [-0.4, -0.2) is 16.2 Å². The summed E-state index contributed by atoms with van der Waals surface area (Å²) in [5.41, 5.74) is 1.01. The van der Waals surface area contributed by atoms with Gasteiger partial charge in [-0.1, -0.05) is 17.7 Å². The van der Waals surface area contributed by atoms with Crippen LogP contribution in [0.15, 0.2) is 40.3 Å². The third kappa shape index (κ3) is 4.20. The lowest BCUT2D eigenvalue weighted by Gasteiger charge is -2.11. The lowest BCUT2D eigenvalue weighted by molar-refractivity contribution is 0.0815. The number of hydrogen-bond acceptors (Lipinski definition) is 2. The molecule has 0 fully saturated rings. The molecule has 0 saturated carbocycles. The quantitative estimate of drug-likeness (QED) is 0.625. The van der Waals surface area contributed by atoms with E-state index < -0.39 is 21.4 Å². The van der Waals surface area contributed by atoms with E-state index in [9.17, 15) is 13.0 Å². The van der Waals surface area contributed by atoms with E-state index in [1.165, 1.54) is 0 Å². The van der Waals surface area contributed by atoms with Crippen molar-refractivity contribution in [3.63, 3.8) is 0 Å². The summed E-state index contributed by atoms with van der Waals surface area (Å²) in [6, 6.07) is 6.78. The van der Waals surface area contributed by atoms with Crippen molar-refractivity contribution in [2.45, 2.75) is 16.7 Å². The first-order chi connectivity index (χ1) is 7.84. The smallest absolute Gasteiger partial charge is 0.357 e. The first-order valence-electron chi connectivity index (χ1n) is 4.65. The number of benzene rings is 1. The molecule has 0 amide bonds. The molecule has 1 aromatic carbocycles. The van der Waals surface area contributed by atoms with Gasteiger partial charge in [0.05, 0.1) is 23.3 Å². The van der Waals surface area contributed by atoms with Gasteiger partial charge in [0, 0.05) is 4.90 Å². The molecule has 6 heteroatoms. The molecule has 94 valence electrons. The predicted molar refractivity (Wildman–Crippen MR) is 66.6 cm³/mol. The molecule has 0 aromatic heterocycles. The Morgan fingerprint density at radius 3 is 2.35 bits per heavy atom. The van der Waals surface area contributed by atoms with E-state index in [4.69, 9.17) is 0 Å². The van der Waals surface area contributed by atoms with Crippen LogP contribution < -0.4 is 0 Å². The summed E-state index contributed by atoms with van der Waals surface area (Å²) in [7, 11) is -0.561. The molecule has 0 radical (unpaired) electrons.